The van der Waals surface area contributed by atoms with E-state index in [-0.39, 0.29) is 0 Å². The second-order valence-electron chi connectivity index (χ2n) is 4.73. The highest BCUT2D eigenvalue weighted by Crippen LogP contribution is 2.25. The van der Waals surface area contributed by atoms with Crippen LogP contribution in [0.1, 0.15) is 29.9 Å². The van der Waals surface area contributed by atoms with Crippen LogP contribution in [0.15, 0.2) is 0 Å². The first kappa shape index (κ1) is 14.2. The molecule has 0 spiro atoms. The van der Waals surface area contributed by atoms with Crippen LogP contribution in [0, 0.1) is 0 Å². The first-order valence-corrected chi connectivity index (χ1v) is 6.98. The number of aryl methyl sites for hydroxylation is 1. The average Bonchev–Trinajstić information content (AvgIpc) is 2.46. The van der Waals surface area contributed by atoms with Crippen LogP contribution >= 0.6 is 0 Å². The molecule has 0 amide bonds. The summed E-state index contributed by atoms with van der Waals surface area (Å²) < 4.78 is 10.4. The third-order valence-corrected chi connectivity index (χ3v) is 3.37. The number of hydrogen-bond acceptors (Lipinski definition) is 5. The number of nitrogens with one attached hydrogen (secondary N) is 1. The van der Waals surface area contributed by atoms with Gasteiger partial charge in [0, 0.05) is 31.8 Å². The van der Waals surface area contributed by atoms with Crippen LogP contribution in [0.25, 0.3) is 0 Å². The van der Waals surface area contributed by atoms with Crippen LogP contribution in [-0.4, -0.2) is 43.9 Å². The van der Waals surface area contributed by atoms with Gasteiger partial charge in [-0.25, -0.2) is 9.97 Å². The van der Waals surface area contributed by atoms with E-state index in [0.717, 1.165) is 30.9 Å². The molecule has 0 bridgehead atoms. The first-order chi connectivity index (χ1) is 9.35. The average molecular weight is 265 g/mol. The molecule has 0 fully saturated rings. The molecule has 106 valence electrons. The molecule has 0 unspecified atom stereocenters. The zero-order chi connectivity index (χ0) is 13.5. The molecule has 1 N–H and O–H groups in total. The van der Waals surface area contributed by atoms with E-state index in [9.17, 15) is 0 Å². The summed E-state index contributed by atoms with van der Waals surface area (Å²) in [5, 5.41) is 3.19. The molecule has 1 aliphatic rings. The lowest BCUT2D eigenvalue weighted by Crippen LogP contribution is -2.15. The number of methoxy groups -OCH3 is 1. The number of nitrogens with zero attached hydrogens (tertiary/aromatic N) is 2. The van der Waals surface area contributed by atoms with Crippen LogP contribution in [0.5, 0.6) is 0 Å². The smallest absolute Gasteiger partial charge is 0.133 e. The summed E-state index contributed by atoms with van der Waals surface area (Å²) in [6, 6.07) is 0. The van der Waals surface area contributed by atoms with Crippen molar-refractivity contribution >= 4 is 5.82 Å². The van der Waals surface area contributed by atoms with Crippen LogP contribution < -0.4 is 5.32 Å². The molecular weight excluding hydrogens is 242 g/mol. The number of hydrogen-bond donors (Lipinski definition) is 1. The van der Waals surface area contributed by atoms with Gasteiger partial charge in [-0.05, 0) is 25.7 Å². The maximum Gasteiger partial charge on any atom is 0.133 e. The minimum Gasteiger partial charge on any atom is -0.382 e. The second kappa shape index (κ2) is 7.40. The van der Waals surface area contributed by atoms with Gasteiger partial charge in [0.15, 0.2) is 0 Å². The van der Waals surface area contributed by atoms with Crippen molar-refractivity contribution in [1.29, 1.82) is 0 Å². The second-order valence-corrected chi connectivity index (χ2v) is 4.73. The van der Waals surface area contributed by atoms with Crippen molar-refractivity contribution in [3.05, 3.63) is 17.1 Å². The molecule has 0 atom stereocenters. The van der Waals surface area contributed by atoms with Gasteiger partial charge in [0.25, 0.3) is 0 Å². The lowest BCUT2D eigenvalue weighted by atomic mass is 9.96. The Morgan fingerprint density at radius 3 is 2.74 bits per heavy atom. The molecule has 1 heterocycles. The molecule has 19 heavy (non-hydrogen) atoms. The fourth-order valence-electron chi connectivity index (χ4n) is 2.37. The highest BCUT2D eigenvalue weighted by molar-refractivity contribution is 5.47. The molecule has 0 saturated heterocycles. The molecule has 5 heteroatoms. The van der Waals surface area contributed by atoms with Gasteiger partial charge < -0.3 is 14.8 Å². The molecule has 0 aromatic carbocycles. The Morgan fingerprint density at radius 1 is 1.11 bits per heavy atom. The van der Waals surface area contributed by atoms with Crippen molar-refractivity contribution in [2.75, 3.05) is 39.3 Å². The quantitative estimate of drug-likeness (QED) is 0.759. The SMILES string of the molecule is CNc1nc(CCOCCOC)nc2c1CCCC2. The summed E-state index contributed by atoms with van der Waals surface area (Å²) >= 11 is 0. The van der Waals surface area contributed by atoms with E-state index in [1.54, 1.807) is 7.11 Å². The Bertz CT molecular complexity index is 393. The normalized spacial score (nSPS) is 14.2. The maximum absolute atomic E-state index is 5.47. The van der Waals surface area contributed by atoms with E-state index in [1.165, 1.54) is 24.1 Å². The summed E-state index contributed by atoms with van der Waals surface area (Å²) in [5.41, 5.74) is 2.52. The largest absolute Gasteiger partial charge is 0.382 e. The number of fused-ring (bicyclic) bond motifs is 1. The summed E-state index contributed by atoms with van der Waals surface area (Å²) in [6.45, 7) is 1.90. The van der Waals surface area contributed by atoms with E-state index in [2.05, 4.69) is 15.3 Å². The Morgan fingerprint density at radius 2 is 1.95 bits per heavy atom. The van der Waals surface area contributed by atoms with Crippen molar-refractivity contribution in [1.82, 2.24) is 9.97 Å². The predicted octanol–water partition coefficient (Wildman–Crippen LogP) is 1.60. The minimum atomic E-state index is 0.625. The third kappa shape index (κ3) is 3.88. The van der Waals surface area contributed by atoms with Gasteiger partial charge in [-0.1, -0.05) is 0 Å². The van der Waals surface area contributed by atoms with Crippen molar-refractivity contribution in [3.63, 3.8) is 0 Å². The molecule has 1 aromatic heterocycles. The summed E-state index contributed by atoms with van der Waals surface area (Å²) in [6.07, 6.45) is 5.40. The van der Waals surface area contributed by atoms with E-state index in [0.29, 0.717) is 19.8 Å². The Hall–Kier alpha value is -1.20. The van der Waals surface area contributed by atoms with E-state index < -0.39 is 0 Å². The van der Waals surface area contributed by atoms with Gasteiger partial charge in [-0.3, -0.25) is 0 Å². The maximum atomic E-state index is 5.47. The van der Waals surface area contributed by atoms with Crippen LogP contribution in [0.2, 0.25) is 0 Å². The van der Waals surface area contributed by atoms with Crippen molar-refractivity contribution in [2.24, 2.45) is 0 Å². The summed E-state index contributed by atoms with van der Waals surface area (Å²) in [7, 11) is 3.60. The molecule has 0 aliphatic heterocycles. The van der Waals surface area contributed by atoms with Crippen LogP contribution in [0.4, 0.5) is 5.82 Å². The molecule has 1 aliphatic carbocycles. The number of rotatable bonds is 7. The van der Waals surface area contributed by atoms with E-state index in [4.69, 9.17) is 9.47 Å². The predicted molar refractivity (Wildman–Crippen MR) is 74.6 cm³/mol. The van der Waals surface area contributed by atoms with Gasteiger partial charge in [0.1, 0.15) is 11.6 Å². The standard InChI is InChI=1S/C14H23N3O2/c1-15-14-11-5-3-4-6-12(11)16-13(17-14)7-8-19-10-9-18-2/h3-10H2,1-2H3,(H,15,16,17). The highest BCUT2D eigenvalue weighted by atomic mass is 16.5. The van der Waals surface area contributed by atoms with Gasteiger partial charge in [0.2, 0.25) is 0 Å². The van der Waals surface area contributed by atoms with Crippen molar-refractivity contribution in [3.8, 4) is 0 Å². The van der Waals surface area contributed by atoms with E-state index >= 15 is 0 Å². The number of anilines is 1. The molecule has 2 rings (SSSR count). The molecular formula is C14H23N3O2. The monoisotopic (exact) mass is 265 g/mol. The van der Waals surface area contributed by atoms with Gasteiger partial charge >= 0.3 is 0 Å². The lowest BCUT2D eigenvalue weighted by molar-refractivity contribution is 0.0716. The zero-order valence-electron chi connectivity index (χ0n) is 11.9. The number of aromatic nitrogens is 2. The van der Waals surface area contributed by atoms with Gasteiger partial charge in [-0.2, -0.15) is 0 Å². The van der Waals surface area contributed by atoms with Gasteiger partial charge in [-0.15, -0.1) is 0 Å². The Balaban J connectivity index is 1.97. The Kier molecular flexibility index (Phi) is 5.54. The fraction of sp³-hybridized carbons (Fsp3) is 0.714. The highest BCUT2D eigenvalue weighted by Gasteiger charge is 2.16. The molecule has 1 aromatic rings. The zero-order valence-corrected chi connectivity index (χ0v) is 11.9. The Labute approximate surface area is 114 Å². The van der Waals surface area contributed by atoms with E-state index in [1.807, 2.05) is 7.05 Å². The lowest BCUT2D eigenvalue weighted by Gasteiger charge is -2.18. The first-order valence-electron chi connectivity index (χ1n) is 6.98. The molecule has 0 saturated carbocycles. The summed E-state index contributed by atoms with van der Waals surface area (Å²) in [5.74, 6) is 1.87. The summed E-state index contributed by atoms with van der Waals surface area (Å²) in [4.78, 5) is 9.27. The third-order valence-electron chi connectivity index (χ3n) is 3.37. The molecule has 5 nitrogen and oxygen atoms in total. The fourth-order valence-corrected chi connectivity index (χ4v) is 2.37. The van der Waals surface area contributed by atoms with Crippen molar-refractivity contribution in [2.45, 2.75) is 32.1 Å². The van der Waals surface area contributed by atoms with Gasteiger partial charge in [0.05, 0.1) is 19.8 Å². The van der Waals surface area contributed by atoms with Crippen LogP contribution in [0.3, 0.4) is 0 Å². The molecule has 0 radical (unpaired) electrons. The number of ether oxygens (including phenoxy) is 2. The topological polar surface area (TPSA) is 56.3 Å². The van der Waals surface area contributed by atoms with Crippen LogP contribution in [-0.2, 0) is 28.7 Å². The van der Waals surface area contributed by atoms with Crippen molar-refractivity contribution < 1.29 is 9.47 Å². The minimum absolute atomic E-state index is 0.625.